The first-order valence-electron chi connectivity index (χ1n) is 2.81. The van der Waals surface area contributed by atoms with Gasteiger partial charge in [-0.05, 0) is 0 Å². The summed E-state index contributed by atoms with van der Waals surface area (Å²) in [6.45, 7) is 0. The summed E-state index contributed by atoms with van der Waals surface area (Å²) in [6, 6.07) is 0. The predicted octanol–water partition coefficient (Wildman–Crippen LogP) is 0.748. The molecule has 0 aliphatic carbocycles. The van der Waals surface area contributed by atoms with E-state index in [2.05, 4.69) is 9.97 Å². The monoisotopic (exact) mass is 172 g/mol. The minimum Gasteiger partial charge on any atom is -0.366 e. The van der Waals surface area contributed by atoms with Crippen molar-refractivity contribution >= 4 is 7.82 Å². The quantitative estimate of drug-likeness (QED) is 0.537. The van der Waals surface area contributed by atoms with Crippen LogP contribution in [0.5, 0.6) is 17.6 Å². The van der Waals surface area contributed by atoms with Gasteiger partial charge in [0, 0.05) is 0 Å². The van der Waals surface area contributed by atoms with Crippen LogP contribution in [-0.2, 0) is 4.57 Å². The molecule has 1 aromatic rings. The van der Waals surface area contributed by atoms with Gasteiger partial charge in [-0.15, -0.1) is 0 Å². The van der Waals surface area contributed by atoms with Crippen LogP contribution in [0, 0.1) is 0 Å². The Morgan fingerprint density at radius 2 is 2.09 bits per heavy atom. The van der Waals surface area contributed by atoms with Gasteiger partial charge >= 0.3 is 7.82 Å². The molecule has 56 valence electrons. The van der Waals surface area contributed by atoms with Crippen molar-refractivity contribution in [3.63, 3.8) is 0 Å². The van der Waals surface area contributed by atoms with E-state index in [1.54, 1.807) is 0 Å². The Hall–Kier alpha value is -1.29. The molecular formula is C4HN2O4P. The van der Waals surface area contributed by atoms with Crippen molar-refractivity contribution in [2.24, 2.45) is 0 Å². The highest BCUT2D eigenvalue weighted by atomic mass is 31.2. The summed E-state index contributed by atoms with van der Waals surface area (Å²) in [5, 5.41) is 0. The molecule has 1 unspecified atom stereocenters. The Kier molecular flexibility index (Phi) is 0.651. The molecular weight excluding hydrogens is 171 g/mol. The van der Waals surface area contributed by atoms with E-state index in [1.165, 1.54) is 6.20 Å². The van der Waals surface area contributed by atoms with Crippen LogP contribution in [0.2, 0.25) is 0 Å². The topological polar surface area (TPSA) is 70.5 Å². The lowest BCUT2D eigenvalue weighted by atomic mass is 10.7. The Morgan fingerprint density at radius 3 is 3.00 bits per heavy atom. The van der Waals surface area contributed by atoms with E-state index < -0.39 is 7.82 Å². The molecule has 2 aliphatic heterocycles. The fourth-order valence-electron chi connectivity index (χ4n) is 0.894. The van der Waals surface area contributed by atoms with E-state index in [-0.39, 0.29) is 17.6 Å². The second-order valence-corrected chi connectivity index (χ2v) is 3.48. The van der Waals surface area contributed by atoms with E-state index in [0.717, 1.165) is 0 Å². The highest BCUT2D eigenvalue weighted by molar-refractivity contribution is 7.50. The van der Waals surface area contributed by atoms with Gasteiger partial charge in [-0.25, -0.2) is 4.98 Å². The summed E-state index contributed by atoms with van der Waals surface area (Å²) in [5.41, 5.74) is 0. The number of phosphoric acid groups is 1. The number of phosphoric ester groups is 1. The zero-order chi connectivity index (χ0) is 7.47. The molecule has 0 fully saturated rings. The van der Waals surface area contributed by atoms with Gasteiger partial charge in [0.1, 0.15) is 0 Å². The average molecular weight is 172 g/mol. The molecule has 0 aromatic carbocycles. The van der Waals surface area contributed by atoms with Crippen molar-refractivity contribution in [2.75, 3.05) is 0 Å². The maximum Gasteiger partial charge on any atom is 0.651 e. The summed E-state index contributed by atoms with van der Waals surface area (Å²) >= 11 is 0. The van der Waals surface area contributed by atoms with Crippen molar-refractivity contribution in [1.82, 2.24) is 9.97 Å². The first-order chi connectivity index (χ1) is 5.25. The number of fused-ring (bicyclic) bond motifs is 2. The van der Waals surface area contributed by atoms with Crippen molar-refractivity contribution in [2.45, 2.75) is 0 Å². The van der Waals surface area contributed by atoms with Crippen LogP contribution in [0.3, 0.4) is 0 Å². The SMILES string of the molecule is O=P12Oc3cnc(c(n3)O1)O2. The molecule has 1 aromatic heterocycles. The highest BCUT2D eigenvalue weighted by Gasteiger charge is 2.47. The zero-order valence-electron chi connectivity index (χ0n) is 5.05. The lowest BCUT2D eigenvalue weighted by Crippen LogP contribution is -2.03. The largest absolute Gasteiger partial charge is 0.651 e. The van der Waals surface area contributed by atoms with Gasteiger partial charge in [-0.1, -0.05) is 0 Å². The average Bonchev–Trinajstić information content (AvgIpc) is 2.07. The van der Waals surface area contributed by atoms with Crippen LogP contribution in [0.15, 0.2) is 6.20 Å². The fraction of sp³-hybridized carbons (Fsp3) is 0. The molecule has 3 heterocycles. The number of nitrogens with zero attached hydrogens (tertiary/aromatic N) is 2. The van der Waals surface area contributed by atoms with Crippen LogP contribution in [0.1, 0.15) is 0 Å². The minimum atomic E-state index is -3.40. The number of aromatic nitrogens is 2. The number of hydrogen-bond acceptors (Lipinski definition) is 6. The Labute approximate surface area is 60.7 Å². The summed E-state index contributed by atoms with van der Waals surface area (Å²) in [7, 11) is -3.40. The molecule has 0 radical (unpaired) electrons. The Balaban J connectivity index is 2.41. The van der Waals surface area contributed by atoms with Gasteiger partial charge in [0.25, 0.3) is 11.8 Å². The van der Waals surface area contributed by atoms with E-state index in [0.29, 0.717) is 0 Å². The van der Waals surface area contributed by atoms with Crippen LogP contribution in [0.25, 0.3) is 0 Å². The molecule has 11 heavy (non-hydrogen) atoms. The second kappa shape index (κ2) is 1.33. The molecule has 0 N–H and O–H groups in total. The fourth-order valence-corrected chi connectivity index (χ4v) is 1.99. The van der Waals surface area contributed by atoms with Crippen molar-refractivity contribution in [1.29, 1.82) is 0 Å². The first-order valence-corrected chi connectivity index (χ1v) is 4.27. The maximum absolute atomic E-state index is 11.2. The second-order valence-electron chi connectivity index (χ2n) is 2.04. The number of hydrogen-bond donors (Lipinski definition) is 0. The predicted molar refractivity (Wildman–Crippen MR) is 31.5 cm³/mol. The van der Waals surface area contributed by atoms with E-state index >= 15 is 0 Å². The number of rotatable bonds is 0. The third-order valence-corrected chi connectivity index (χ3v) is 2.49. The Morgan fingerprint density at radius 1 is 1.27 bits per heavy atom. The molecule has 3 bridgehead atoms. The third kappa shape index (κ3) is 0.550. The minimum absolute atomic E-state index is 0.134. The first kappa shape index (κ1) is 5.37. The van der Waals surface area contributed by atoms with E-state index in [9.17, 15) is 4.57 Å². The lowest BCUT2D eigenvalue weighted by molar-refractivity contribution is 0.313. The molecule has 0 amide bonds. The van der Waals surface area contributed by atoms with Gasteiger partial charge in [0.05, 0.1) is 6.20 Å². The van der Waals surface area contributed by atoms with Crippen LogP contribution in [-0.4, -0.2) is 9.97 Å². The Bertz CT molecular complexity index is 377. The van der Waals surface area contributed by atoms with Crippen LogP contribution < -0.4 is 13.6 Å². The molecule has 1 atom stereocenters. The molecule has 6 nitrogen and oxygen atoms in total. The van der Waals surface area contributed by atoms with Crippen molar-refractivity contribution in [3.05, 3.63) is 6.20 Å². The van der Waals surface area contributed by atoms with Gasteiger partial charge < -0.3 is 13.6 Å². The van der Waals surface area contributed by atoms with Crippen molar-refractivity contribution in [3.8, 4) is 17.6 Å². The van der Waals surface area contributed by atoms with E-state index in [4.69, 9.17) is 13.6 Å². The van der Waals surface area contributed by atoms with Gasteiger partial charge in [0.2, 0.25) is 5.88 Å². The smallest absolute Gasteiger partial charge is 0.366 e. The summed E-state index contributed by atoms with van der Waals surface area (Å²) < 4.78 is 25.4. The van der Waals surface area contributed by atoms with Crippen LogP contribution in [0.4, 0.5) is 0 Å². The molecule has 2 aliphatic rings. The van der Waals surface area contributed by atoms with Crippen LogP contribution >= 0.6 is 7.82 Å². The summed E-state index contributed by atoms with van der Waals surface area (Å²) in [6.07, 6.45) is 1.33. The highest BCUT2D eigenvalue weighted by Crippen LogP contribution is 2.60. The normalized spacial score (nSPS) is 29.1. The van der Waals surface area contributed by atoms with Crippen molar-refractivity contribution < 1.29 is 18.1 Å². The molecule has 3 rings (SSSR count). The maximum atomic E-state index is 11.2. The summed E-state index contributed by atoms with van der Waals surface area (Å²) in [4.78, 5) is 7.50. The molecule has 0 saturated carbocycles. The third-order valence-electron chi connectivity index (χ3n) is 1.29. The van der Waals surface area contributed by atoms with Gasteiger partial charge in [-0.2, -0.15) is 9.55 Å². The van der Waals surface area contributed by atoms with E-state index in [1.807, 2.05) is 0 Å². The standard InChI is InChI=1S/C4HN2O4P/c7-11-8-2-1-5-3(9-11)4(6-2)10-11/h1H. The lowest BCUT2D eigenvalue weighted by Gasteiger charge is -2.09. The molecule has 7 heteroatoms. The summed E-state index contributed by atoms with van der Waals surface area (Å²) in [5.74, 6) is 0.461. The molecule has 0 spiro atoms. The molecule has 0 saturated heterocycles. The zero-order valence-corrected chi connectivity index (χ0v) is 5.95. The van der Waals surface area contributed by atoms with Gasteiger partial charge in [0.15, 0.2) is 0 Å². The van der Waals surface area contributed by atoms with Gasteiger partial charge in [-0.3, -0.25) is 0 Å².